The summed E-state index contributed by atoms with van der Waals surface area (Å²) in [5.41, 5.74) is 8.54. The lowest BCUT2D eigenvalue weighted by Crippen LogP contribution is -2.33. The first kappa shape index (κ1) is 25.2. The zero-order chi connectivity index (χ0) is 23.3. The maximum atomic E-state index is 13.5. The highest BCUT2D eigenvalue weighted by molar-refractivity contribution is 5.97. The van der Waals surface area contributed by atoms with Crippen molar-refractivity contribution in [3.05, 3.63) is 36.4 Å². The number of nitrogen functional groups attached to an aromatic ring is 1. The van der Waals surface area contributed by atoms with Crippen molar-refractivity contribution in [3.8, 4) is 11.3 Å². The van der Waals surface area contributed by atoms with Crippen molar-refractivity contribution in [3.63, 3.8) is 0 Å². The van der Waals surface area contributed by atoms with E-state index in [0.29, 0.717) is 12.2 Å². The molecule has 3 rings (SSSR count). The molecule has 33 heavy (non-hydrogen) atoms. The van der Waals surface area contributed by atoms with Gasteiger partial charge in [-0.1, -0.05) is 108 Å². The van der Waals surface area contributed by atoms with E-state index in [4.69, 9.17) is 5.73 Å². The topological polar surface area (TPSA) is 72.1 Å². The van der Waals surface area contributed by atoms with Gasteiger partial charge in [-0.2, -0.15) is 0 Å². The minimum atomic E-state index is 0.184. The number of carbonyl (C=O) groups is 1. The quantitative estimate of drug-likeness (QED) is 0.310. The number of nitrogens with zero attached hydrogens (tertiary/aromatic N) is 3. The Balaban J connectivity index is 1.68. The monoisotopic (exact) mass is 450 g/mol. The summed E-state index contributed by atoms with van der Waals surface area (Å²) in [5.74, 6) is 1.26. The van der Waals surface area contributed by atoms with Crippen LogP contribution in [0.15, 0.2) is 36.4 Å². The second kappa shape index (κ2) is 14.0. The first-order valence-electron chi connectivity index (χ1n) is 13.2. The number of anilines is 2. The van der Waals surface area contributed by atoms with Crippen LogP contribution < -0.4 is 10.6 Å². The Morgan fingerprint density at radius 2 is 1.64 bits per heavy atom. The molecule has 1 aromatic carbocycles. The van der Waals surface area contributed by atoms with Gasteiger partial charge in [0, 0.05) is 24.6 Å². The molecule has 0 unspecified atom stereocenters. The van der Waals surface area contributed by atoms with Gasteiger partial charge in [0.25, 0.3) is 0 Å². The van der Waals surface area contributed by atoms with Gasteiger partial charge in [0.05, 0.1) is 5.69 Å². The van der Waals surface area contributed by atoms with Crippen LogP contribution in [0.3, 0.4) is 0 Å². The largest absolute Gasteiger partial charge is 0.382 e. The molecule has 1 aromatic heterocycles. The van der Waals surface area contributed by atoms with Crippen LogP contribution in [0.4, 0.5) is 11.5 Å². The average Bonchev–Trinajstić information content (AvgIpc) is 3.35. The van der Waals surface area contributed by atoms with E-state index in [2.05, 4.69) is 17.1 Å². The van der Waals surface area contributed by atoms with E-state index >= 15 is 0 Å². The predicted octanol–water partition coefficient (Wildman–Crippen LogP) is 7.17. The van der Waals surface area contributed by atoms with Gasteiger partial charge in [-0.05, 0) is 18.8 Å². The number of amides is 1. The first-order valence-corrected chi connectivity index (χ1v) is 13.2. The number of hydrogen-bond acceptors (Lipinski definition) is 4. The van der Waals surface area contributed by atoms with Crippen LogP contribution in [-0.4, -0.2) is 22.6 Å². The van der Waals surface area contributed by atoms with Gasteiger partial charge >= 0.3 is 0 Å². The Morgan fingerprint density at radius 1 is 0.970 bits per heavy atom. The molecular formula is C28H42N4O. The fraction of sp³-hybridized carbons (Fsp3) is 0.607. The van der Waals surface area contributed by atoms with Crippen LogP contribution in [-0.2, 0) is 4.79 Å². The van der Waals surface area contributed by atoms with E-state index < -0.39 is 0 Å². The molecule has 5 heteroatoms. The Bertz CT molecular complexity index is 833. The molecule has 0 saturated heterocycles. The van der Waals surface area contributed by atoms with Crippen LogP contribution in [0.5, 0.6) is 0 Å². The minimum Gasteiger partial charge on any atom is -0.382 e. The summed E-state index contributed by atoms with van der Waals surface area (Å²) in [7, 11) is 0. The van der Waals surface area contributed by atoms with Crippen LogP contribution in [0.1, 0.15) is 96.8 Å². The summed E-state index contributed by atoms with van der Waals surface area (Å²) in [4.78, 5) is 15.4. The molecule has 0 aliphatic heterocycles. The van der Waals surface area contributed by atoms with Crippen LogP contribution in [0, 0.1) is 5.92 Å². The van der Waals surface area contributed by atoms with E-state index in [1.807, 2.05) is 41.3 Å². The van der Waals surface area contributed by atoms with Gasteiger partial charge in [-0.15, -0.1) is 10.2 Å². The van der Waals surface area contributed by atoms with E-state index in [9.17, 15) is 4.79 Å². The maximum Gasteiger partial charge on any atom is 0.227 e. The molecule has 1 fully saturated rings. The number of nitrogens with two attached hydrogens (primary N) is 1. The molecule has 180 valence electrons. The highest BCUT2D eigenvalue weighted by Crippen LogP contribution is 2.33. The number of benzene rings is 1. The highest BCUT2D eigenvalue weighted by atomic mass is 16.2. The SMILES string of the molecule is CCCCCCCCCCC(=O)N(CCC1CCCC1)c1cc(N)nnc1-c1ccccc1. The number of rotatable bonds is 14. The van der Waals surface area contributed by atoms with Gasteiger partial charge in [-0.3, -0.25) is 4.79 Å². The third-order valence-corrected chi connectivity index (χ3v) is 6.91. The van der Waals surface area contributed by atoms with Gasteiger partial charge in [0.15, 0.2) is 0 Å². The number of aromatic nitrogens is 2. The molecule has 0 spiro atoms. The van der Waals surface area contributed by atoms with Crippen molar-refractivity contribution >= 4 is 17.4 Å². The predicted molar refractivity (Wildman–Crippen MR) is 138 cm³/mol. The number of hydrogen-bond donors (Lipinski definition) is 1. The zero-order valence-electron chi connectivity index (χ0n) is 20.5. The molecule has 2 aromatic rings. The molecule has 5 nitrogen and oxygen atoms in total. The Hall–Kier alpha value is -2.43. The summed E-state index contributed by atoms with van der Waals surface area (Å²) in [6, 6.07) is 11.8. The van der Waals surface area contributed by atoms with Crippen LogP contribution in [0.2, 0.25) is 0 Å². The number of carbonyl (C=O) groups excluding carboxylic acids is 1. The summed E-state index contributed by atoms with van der Waals surface area (Å²) >= 11 is 0. The summed E-state index contributed by atoms with van der Waals surface area (Å²) < 4.78 is 0. The third kappa shape index (κ3) is 8.13. The van der Waals surface area contributed by atoms with Gasteiger partial charge in [0.1, 0.15) is 11.5 Å². The zero-order valence-corrected chi connectivity index (χ0v) is 20.5. The van der Waals surface area contributed by atoms with Crippen LogP contribution in [0.25, 0.3) is 11.3 Å². The molecule has 0 atom stereocenters. The van der Waals surface area contributed by atoms with E-state index in [0.717, 1.165) is 48.7 Å². The van der Waals surface area contributed by atoms with Crippen molar-refractivity contribution in [2.45, 2.75) is 96.8 Å². The smallest absolute Gasteiger partial charge is 0.227 e. The van der Waals surface area contributed by atoms with Gasteiger partial charge < -0.3 is 10.6 Å². The highest BCUT2D eigenvalue weighted by Gasteiger charge is 2.23. The van der Waals surface area contributed by atoms with Crippen molar-refractivity contribution in [2.75, 3.05) is 17.2 Å². The lowest BCUT2D eigenvalue weighted by Gasteiger charge is -2.26. The first-order chi connectivity index (χ1) is 16.2. The standard InChI is InChI=1S/C28H42N4O/c1-2-3-4-5-6-7-8-12-19-27(33)32(21-20-23-15-13-14-16-23)25-22-26(29)30-31-28(25)24-17-10-9-11-18-24/h9-11,17-18,22-23H,2-8,12-16,19-21H2,1H3,(H2,29,30). The molecular weight excluding hydrogens is 408 g/mol. The van der Waals surface area contributed by atoms with Crippen molar-refractivity contribution in [2.24, 2.45) is 5.92 Å². The van der Waals surface area contributed by atoms with Crippen molar-refractivity contribution < 1.29 is 4.79 Å². The summed E-state index contributed by atoms with van der Waals surface area (Å²) in [6.45, 7) is 2.98. The van der Waals surface area contributed by atoms with E-state index in [1.54, 1.807) is 0 Å². The Kier molecular flexibility index (Phi) is 10.7. The second-order valence-corrected chi connectivity index (χ2v) is 9.58. The minimum absolute atomic E-state index is 0.184. The van der Waals surface area contributed by atoms with E-state index in [1.165, 1.54) is 64.2 Å². The molecule has 1 amide bonds. The van der Waals surface area contributed by atoms with Crippen molar-refractivity contribution in [1.29, 1.82) is 0 Å². The lowest BCUT2D eigenvalue weighted by atomic mass is 10.0. The normalized spacial score (nSPS) is 14.0. The Morgan fingerprint density at radius 3 is 2.33 bits per heavy atom. The third-order valence-electron chi connectivity index (χ3n) is 6.91. The average molecular weight is 451 g/mol. The van der Waals surface area contributed by atoms with Crippen LogP contribution >= 0.6 is 0 Å². The van der Waals surface area contributed by atoms with E-state index in [-0.39, 0.29) is 5.91 Å². The second-order valence-electron chi connectivity index (χ2n) is 9.58. The number of unbranched alkanes of at least 4 members (excludes halogenated alkanes) is 7. The van der Waals surface area contributed by atoms with Gasteiger partial charge in [0.2, 0.25) is 5.91 Å². The fourth-order valence-electron chi connectivity index (χ4n) is 4.94. The van der Waals surface area contributed by atoms with Crippen molar-refractivity contribution in [1.82, 2.24) is 10.2 Å². The maximum absolute atomic E-state index is 13.5. The molecule has 0 bridgehead atoms. The Labute approximate surface area is 200 Å². The molecule has 1 aliphatic carbocycles. The molecule has 1 aliphatic rings. The summed E-state index contributed by atoms with van der Waals surface area (Å²) in [5, 5.41) is 8.51. The fourth-order valence-corrected chi connectivity index (χ4v) is 4.94. The summed E-state index contributed by atoms with van der Waals surface area (Å²) in [6.07, 6.45) is 16.7. The van der Waals surface area contributed by atoms with Gasteiger partial charge in [-0.25, -0.2) is 0 Å². The molecule has 1 saturated carbocycles. The molecule has 2 N–H and O–H groups in total. The molecule has 1 heterocycles. The lowest BCUT2D eigenvalue weighted by molar-refractivity contribution is -0.118. The molecule has 0 radical (unpaired) electrons.